The Labute approximate surface area is 230 Å². The van der Waals surface area contributed by atoms with E-state index in [1.165, 1.54) is 17.7 Å². The topological polar surface area (TPSA) is 91.4 Å². The van der Waals surface area contributed by atoms with Crippen LogP contribution in [0.5, 0.6) is 5.75 Å². The monoisotopic (exact) mass is 546 g/mol. The molecule has 0 radical (unpaired) electrons. The van der Waals surface area contributed by atoms with Gasteiger partial charge in [0.05, 0.1) is 20.8 Å². The fraction of sp³-hybridized carbons (Fsp3) is 0.345. The predicted molar refractivity (Wildman–Crippen MR) is 152 cm³/mol. The van der Waals surface area contributed by atoms with Crippen molar-refractivity contribution >= 4 is 33.3 Å². The van der Waals surface area contributed by atoms with Gasteiger partial charge in [-0.25, -0.2) is 9.18 Å². The number of hydrogen-bond donors (Lipinski definition) is 3. The van der Waals surface area contributed by atoms with E-state index in [9.17, 15) is 9.18 Å². The molecule has 6 rings (SSSR count). The van der Waals surface area contributed by atoms with Crippen LogP contribution in [0.4, 0.5) is 14.9 Å². The van der Waals surface area contributed by atoms with Crippen LogP contribution in [0.25, 0.3) is 20.8 Å². The molecule has 0 bridgehead atoms. The number of nitrogens with zero attached hydrogens (tertiary/aromatic N) is 3. The first kappa shape index (κ1) is 25.7. The zero-order valence-corrected chi connectivity index (χ0v) is 22.6. The minimum Gasteiger partial charge on any atom is -0.486 e. The first-order chi connectivity index (χ1) is 19.0. The molecule has 1 atom stereocenters. The number of anilines is 1. The molecule has 1 aliphatic carbocycles. The molecular weight excluding hydrogens is 515 g/mol. The quantitative estimate of drug-likeness (QED) is 0.283. The number of carbonyl (C=O) groups excluding carboxylic acids is 1. The fourth-order valence-electron chi connectivity index (χ4n) is 4.74. The third-order valence-corrected chi connectivity index (χ3v) is 8.14. The standard InChI is InChI=1S/C29H31FN6O2S/c1-18-15-36(11-10-31-18)16-19-2-6-24(33-14-19)27-13-25-28(39-27)20(8-9-32-25)17-38-26-7-5-22(12-23(26)30)35-29(37)34-21-3-4-21/h2,5-9,12-14,18,21,31H,3-4,10-11,15-17H2,1H3,(H2,34,35,37)/t18-/m1/s1. The smallest absolute Gasteiger partial charge is 0.319 e. The van der Waals surface area contributed by atoms with E-state index in [-0.39, 0.29) is 24.4 Å². The Balaban J connectivity index is 1.11. The van der Waals surface area contributed by atoms with E-state index in [4.69, 9.17) is 9.72 Å². The van der Waals surface area contributed by atoms with E-state index >= 15 is 0 Å². The molecule has 4 aromatic rings. The summed E-state index contributed by atoms with van der Waals surface area (Å²) in [6, 6.07) is 13.0. The Hall–Kier alpha value is -3.60. The zero-order valence-electron chi connectivity index (χ0n) is 21.7. The van der Waals surface area contributed by atoms with E-state index in [1.54, 1.807) is 23.6 Å². The van der Waals surface area contributed by atoms with Gasteiger partial charge in [-0.15, -0.1) is 11.3 Å². The first-order valence-electron chi connectivity index (χ1n) is 13.3. The Morgan fingerprint density at radius 3 is 2.87 bits per heavy atom. The van der Waals surface area contributed by atoms with Crippen LogP contribution in [0.1, 0.15) is 30.9 Å². The second-order valence-corrected chi connectivity index (χ2v) is 11.3. The van der Waals surface area contributed by atoms with Crippen LogP contribution in [0.3, 0.4) is 0 Å². The number of fused-ring (bicyclic) bond motifs is 1. The minimum absolute atomic E-state index is 0.126. The van der Waals surface area contributed by atoms with Gasteiger partial charge in [-0.3, -0.25) is 14.9 Å². The lowest BCUT2D eigenvalue weighted by Gasteiger charge is -2.31. The lowest BCUT2D eigenvalue weighted by Crippen LogP contribution is -2.48. The lowest BCUT2D eigenvalue weighted by molar-refractivity contribution is 0.199. The molecule has 0 unspecified atom stereocenters. The van der Waals surface area contributed by atoms with Gasteiger partial charge in [0, 0.05) is 68.0 Å². The van der Waals surface area contributed by atoms with Gasteiger partial charge in [-0.2, -0.15) is 0 Å². The summed E-state index contributed by atoms with van der Waals surface area (Å²) in [5, 5.41) is 8.95. The highest BCUT2D eigenvalue weighted by Gasteiger charge is 2.23. The number of piperazine rings is 1. The highest BCUT2D eigenvalue weighted by Crippen LogP contribution is 2.34. The number of ether oxygens (including phenoxy) is 1. The van der Waals surface area contributed by atoms with E-state index in [2.05, 4.69) is 44.9 Å². The average molecular weight is 547 g/mol. The average Bonchev–Trinajstić information content (AvgIpc) is 3.62. The van der Waals surface area contributed by atoms with E-state index in [0.717, 1.165) is 65.4 Å². The number of hydrogen-bond acceptors (Lipinski definition) is 7. The maximum Gasteiger partial charge on any atom is 0.319 e. The molecule has 1 aliphatic heterocycles. The van der Waals surface area contributed by atoms with Gasteiger partial charge in [0.1, 0.15) is 6.61 Å². The second-order valence-electron chi connectivity index (χ2n) is 10.2. The molecule has 1 saturated carbocycles. The summed E-state index contributed by atoms with van der Waals surface area (Å²) in [6.07, 6.45) is 5.68. The van der Waals surface area contributed by atoms with Gasteiger partial charge in [0.25, 0.3) is 0 Å². The molecule has 8 nitrogen and oxygen atoms in total. The second kappa shape index (κ2) is 11.3. The van der Waals surface area contributed by atoms with E-state index in [1.807, 2.05) is 18.3 Å². The van der Waals surface area contributed by atoms with Crippen molar-refractivity contribution in [3.05, 3.63) is 71.8 Å². The van der Waals surface area contributed by atoms with Crippen LogP contribution >= 0.6 is 11.3 Å². The van der Waals surface area contributed by atoms with Gasteiger partial charge in [-0.05, 0) is 55.7 Å². The van der Waals surface area contributed by atoms with E-state index in [0.29, 0.717) is 11.7 Å². The Morgan fingerprint density at radius 2 is 2.10 bits per heavy atom. The zero-order chi connectivity index (χ0) is 26.8. The van der Waals surface area contributed by atoms with Gasteiger partial charge >= 0.3 is 6.03 Å². The molecule has 2 fully saturated rings. The number of thiophene rings is 1. The predicted octanol–water partition coefficient (Wildman–Crippen LogP) is 5.15. The number of rotatable bonds is 8. The van der Waals surface area contributed by atoms with Gasteiger partial charge in [0.2, 0.25) is 0 Å². The normalized spacial score (nSPS) is 17.7. The van der Waals surface area contributed by atoms with Crippen LogP contribution in [0, 0.1) is 5.82 Å². The molecule has 2 aliphatic rings. The van der Waals surface area contributed by atoms with Crippen molar-refractivity contribution in [1.29, 1.82) is 0 Å². The highest BCUT2D eigenvalue weighted by molar-refractivity contribution is 7.22. The Morgan fingerprint density at radius 1 is 1.21 bits per heavy atom. The number of halogens is 1. The molecule has 1 saturated heterocycles. The molecule has 39 heavy (non-hydrogen) atoms. The summed E-state index contributed by atoms with van der Waals surface area (Å²) in [6.45, 7) is 6.40. The summed E-state index contributed by atoms with van der Waals surface area (Å²) < 4.78 is 21.5. The van der Waals surface area contributed by atoms with Crippen molar-refractivity contribution in [2.75, 3.05) is 25.0 Å². The molecule has 3 aromatic heterocycles. The Bertz CT molecular complexity index is 1470. The van der Waals surface area contributed by atoms with Crippen LogP contribution in [-0.4, -0.2) is 52.6 Å². The number of aromatic nitrogens is 2. The van der Waals surface area contributed by atoms with Crippen LogP contribution in [-0.2, 0) is 13.2 Å². The number of carbonyl (C=O) groups is 1. The summed E-state index contributed by atoms with van der Waals surface area (Å²) in [5.41, 5.74) is 4.27. The van der Waals surface area contributed by atoms with Gasteiger partial charge < -0.3 is 20.7 Å². The van der Waals surface area contributed by atoms with E-state index < -0.39 is 5.82 Å². The number of benzene rings is 1. The summed E-state index contributed by atoms with van der Waals surface area (Å²) in [7, 11) is 0. The number of nitrogens with one attached hydrogen (secondary N) is 3. The molecule has 2 amide bonds. The molecule has 0 spiro atoms. The Kier molecular flexibility index (Phi) is 7.40. The molecular formula is C29H31FN6O2S. The first-order valence-corrected chi connectivity index (χ1v) is 14.1. The van der Waals surface area contributed by atoms with Gasteiger partial charge in [0.15, 0.2) is 11.6 Å². The van der Waals surface area contributed by atoms with Crippen LogP contribution in [0.2, 0.25) is 0 Å². The maximum absolute atomic E-state index is 14.7. The SMILES string of the molecule is C[C@@H]1CN(Cc2ccc(-c3cc4nccc(COc5ccc(NC(=O)NC6CC6)cc5F)c4s3)nc2)CCN1. The number of pyridine rings is 2. The van der Waals surface area contributed by atoms with Crippen molar-refractivity contribution in [1.82, 2.24) is 25.5 Å². The van der Waals surface area contributed by atoms with Crippen molar-refractivity contribution in [2.45, 2.75) is 45.0 Å². The van der Waals surface area contributed by atoms with Crippen LogP contribution < -0.4 is 20.7 Å². The summed E-state index contributed by atoms with van der Waals surface area (Å²) in [4.78, 5) is 24.7. The third kappa shape index (κ3) is 6.35. The molecule has 202 valence electrons. The highest BCUT2D eigenvalue weighted by atomic mass is 32.1. The fourth-order valence-corrected chi connectivity index (χ4v) is 5.83. The maximum atomic E-state index is 14.7. The number of amides is 2. The largest absolute Gasteiger partial charge is 0.486 e. The molecule has 3 N–H and O–H groups in total. The van der Waals surface area contributed by atoms with Crippen LogP contribution in [0.15, 0.2) is 54.9 Å². The number of urea groups is 1. The third-order valence-electron chi connectivity index (χ3n) is 6.92. The summed E-state index contributed by atoms with van der Waals surface area (Å²) in [5.74, 6) is -0.406. The van der Waals surface area contributed by atoms with Gasteiger partial charge in [-0.1, -0.05) is 6.07 Å². The minimum atomic E-state index is -0.532. The lowest BCUT2D eigenvalue weighted by atomic mass is 10.2. The van der Waals surface area contributed by atoms with Crippen molar-refractivity contribution in [2.24, 2.45) is 0 Å². The van der Waals surface area contributed by atoms with Crippen molar-refractivity contribution in [3.63, 3.8) is 0 Å². The molecule has 1 aromatic carbocycles. The molecule has 4 heterocycles. The summed E-state index contributed by atoms with van der Waals surface area (Å²) >= 11 is 1.61. The van der Waals surface area contributed by atoms with Crippen molar-refractivity contribution in [3.8, 4) is 16.3 Å². The van der Waals surface area contributed by atoms with Crippen molar-refractivity contribution < 1.29 is 13.9 Å². The molecule has 10 heteroatoms.